The Balaban J connectivity index is 1.45. The summed E-state index contributed by atoms with van der Waals surface area (Å²) in [6.07, 6.45) is 7.05. The molecule has 2 heterocycles. The molecule has 5 nitrogen and oxygen atoms in total. The first-order valence-electron chi connectivity index (χ1n) is 8.68. The number of piperidine rings is 1. The van der Waals surface area contributed by atoms with E-state index in [1.807, 2.05) is 0 Å². The second kappa shape index (κ2) is 6.06. The highest BCUT2D eigenvalue weighted by molar-refractivity contribution is 5.53. The highest BCUT2D eigenvalue weighted by atomic mass is 16.5. The summed E-state index contributed by atoms with van der Waals surface area (Å²) in [7, 11) is 0. The third-order valence-electron chi connectivity index (χ3n) is 5.17. The molecule has 0 atom stereocenters. The van der Waals surface area contributed by atoms with Gasteiger partial charge in [0, 0.05) is 12.1 Å². The van der Waals surface area contributed by atoms with Gasteiger partial charge in [-0.15, -0.1) is 0 Å². The van der Waals surface area contributed by atoms with Crippen LogP contribution in [0.2, 0.25) is 0 Å². The summed E-state index contributed by atoms with van der Waals surface area (Å²) in [5, 5.41) is 4.08. The average Bonchev–Trinajstić information content (AvgIpc) is 3.05. The molecule has 5 heteroatoms. The third kappa shape index (κ3) is 3.03. The van der Waals surface area contributed by atoms with E-state index in [2.05, 4.69) is 39.3 Å². The highest BCUT2D eigenvalue weighted by Crippen LogP contribution is 2.37. The van der Waals surface area contributed by atoms with Gasteiger partial charge in [0.2, 0.25) is 0 Å². The fourth-order valence-electron chi connectivity index (χ4n) is 3.45. The Morgan fingerprint density at radius 3 is 2.43 bits per heavy atom. The molecule has 1 aromatic heterocycles. The zero-order valence-electron chi connectivity index (χ0n) is 13.5. The van der Waals surface area contributed by atoms with E-state index >= 15 is 0 Å². The van der Waals surface area contributed by atoms with Crippen molar-refractivity contribution in [1.29, 1.82) is 0 Å². The smallest absolute Gasteiger partial charge is 0.257 e. The minimum atomic E-state index is -0.365. The van der Waals surface area contributed by atoms with Gasteiger partial charge in [-0.05, 0) is 62.9 Å². The van der Waals surface area contributed by atoms with Crippen LogP contribution < -0.4 is 5.73 Å². The number of nitrogens with zero attached hydrogens (tertiary/aromatic N) is 3. The lowest BCUT2D eigenvalue weighted by Gasteiger charge is -2.34. The Bertz CT molecular complexity index is 654. The zero-order chi connectivity index (χ0) is 15.7. The van der Waals surface area contributed by atoms with Gasteiger partial charge in [0.15, 0.2) is 5.82 Å². The van der Waals surface area contributed by atoms with Gasteiger partial charge in [0.1, 0.15) is 0 Å². The van der Waals surface area contributed by atoms with Crippen LogP contribution in [0.15, 0.2) is 28.8 Å². The number of nitrogens with two attached hydrogens (primary N) is 1. The predicted octanol–water partition coefficient (Wildman–Crippen LogP) is 3.06. The number of hydrogen-bond donors (Lipinski definition) is 1. The van der Waals surface area contributed by atoms with E-state index in [9.17, 15) is 0 Å². The first-order valence-corrected chi connectivity index (χ1v) is 8.68. The highest BCUT2D eigenvalue weighted by Gasteiger charge is 2.39. The van der Waals surface area contributed by atoms with Crippen LogP contribution in [0.4, 0.5) is 0 Å². The Hall–Kier alpha value is -1.72. The average molecular weight is 312 g/mol. The maximum atomic E-state index is 6.25. The molecule has 2 aliphatic rings. The van der Waals surface area contributed by atoms with Gasteiger partial charge >= 0.3 is 0 Å². The molecule has 1 aromatic carbocycles. The van der Waals surface area contributed by atoms with Gasteiger partial charge in [-0.2, -0.15) is 4.98 Å². The van der Waals surface area contributed by atoms with E-state index in [0.29, 0.717) is 11.7 Å². The standard InChI is InChI=1S/C18H24N4O/c19-18(9-4-10-18)17-20-16(23-21-17)15-7-5-14(6-8-15)13-22-11-2-1-3-12-22/h5-8H,1-4,9-13,19H2. The molecular formula is C18H24N4O. The molecule has 0 bridgehead atoms. The molecule has 4 rings (SSSR count). The lowest BCUT2D eigenvalue weighted by Crippen LogP contribution is -2.44. The molecule has 1 saturated carbocycles. The van der Waals surface area contributed by atoms with Crippen LogP contribution in [0.3, 0.4) is 0 Å². The van der Waals surface area contributed by atoms with E-state index in [0.717, 1.165) is 31.4 Å². The van der Waals surface area contributed by atoms with Crippen LogP contribution in [0.5, 0.6) is 0 Å². The Morgan fingerprint density at radius 1 is 1.04 bits per heavy atom. The van der Waals surface area contributed by atoms with Crippen molar-refractivity contribution in [3.05, 3.63) is 35.7 Å². The van der Waals surface area contributed by atoms with Gasteiger partial charge in [0.25, 0.3) is 5.89 Å². The van der Waals surface area contributed by atoms with Crippen LogP contribution >= 0.6 is 0 Å². The molecule has 23 heavy (non-hydrogen) atoms. The van der Waals surface area contributed by atoms with Crippen LogP contribution in [0, 0.1) is 0 Å². The van der Waals surface area contributed by atoms with Crippen LogP contribution in [-0.4, -0.2) is 28.1 Å². The number of benzene rings is 1. The zero-order valence-corrected chi connectivity index (χ0v) is 13.5. The van der Waals surface area contributed by atoms with Gasteiger partial charge in [0.05, 0.1) is 5.54 Å². The number of likely N-dealkylation sites (tertiary alicyclic amines) is 1. The molecule has 2 aromatic rings. The van der Waals surface area contributed by atoms with E-state index in [-0.39, 0.29) is 5.54 Å². The van der Waals surface area contributed by atoms with E-state index < -0.39 is 0 Å². The summed E-state index contributed by atoms with van der Waals surface area (Å²) in [6, 6.07) is 8.46. The molecular weight excluding hydrogens is 288 g/mol. The van der Waals surface area contributed by atoms with E-state index in [1.165, 1.54) is 37.9 Å². The molecule has 0 unspecified atom stereocenters. The minimum Gasteiger partial charge on any atom is -0.334 e. The summed E-state index contributed by atoms with van der Waals surface area (Å²) in [6.45, 7) is 3.46. The molecule has 1 aliphatic carbocycles. The minimum absolute atomic E-state index is 0.365. The molecule has 122 valence electrons. The second-order valence-corrected chi connectivity index (χ2v) is 6.97. The first-order chi connectivity index (χ1) is 11.2. The normalized spacial score (nSPS) is 21.1. The van der Waals surface area contributed by atoms with Gasteiger partial charge in [-0.1, -0.05) is 23.7 Å². The SMILES string of the molecule is NC1(c2noc(-c3ccc(CN4CCCCC4)cc3)n2)CCC1. The summed E-state index contributed by atoms with van der Waals surface area (Å²) in [5.41, 5.74) is 8.19. The molecule has 1 aliphatic heterocycles. The molecule has 2 N–H and O–H groups in total. The van der Waals surface area contributed by atoms with Crippen LogP contribution in [-0.2, 0) is 12.1 Å². The summed E-state index contributed by atoms with van der Waals surface area (Å²) in [5.74, 6) is 1.22. The lowest BCUT2D eigenvalue weighted by molar-refractivity contribution is 0.221. The maximum absolute atomic E-state index is 6.25. The monoisotopic (exact) mass is 312 g/mol. The Kier molecular flexibility index (Phi) is 3.91. The second-order valence-electron chi connectivity index (χ2n) is 6.97. The molecule has 2 fully saturated rings. The van der Waals surface area contributed by atoms with Gasteiger partial charge < -0.3 is 10.3 Å². The quantitative estimate of drug-likeness (QED) is 0.939. The summed E-state index contributed by atoms with van der Waals surface area (Å²) >= 11 is 0. The van der Waals surface area contributed by atoms with Crippen molar-refractivity contribution in [2.24, 2.45) is 5.73 Å². The van der Waals surface area contributed by atoms with Crippen molar-refractivity contribution < 1.29 is 4.52 Å². The van der Waals surface area contributed by atoms with Crippen molar-refractivity contribution in [2.75, 3.05) is 13.1 Å². The van der Waals surface area contributed by atoms with E-state index in [4.69, 9.17) is 10.3 Å². The first kappa shape index (κ1) is 14.8. The van der Waals surface area contributed by atoms with Crippen LogP contribution in [0.1, 0.15) is 49.9 Å². The van der Waals surface area contributed by atoms with Gasteiger partial charge in [-0.3, -0.25) is 4.90 Å². The topological polar surface area (TPSA) is 68.2 Å². The van der Waals surface area contributed by atoms with Crippen molar-refractivity contribution >= 4 is 0 Å². The molecule has 0 spiro atoms. The lowest BCUT2D eigenvalue weighted by atomic mass is 9.77. The Morgan fingerprint density at radius 2 is 1.78 bits per heavy atom. The third-order valence-corrected chi connectivity index (χ3v) is 5.17. The van der Waals surface area contributed by atoms with Crippen LogP contribution in [0.25, 0.3) is 11.5 Å². The number of rotatable bonds is 4. The van der Waals surface area contributed by atoms with Gasteiger partial charge in [-0.25, -0.2) is 0 Å². The largest absolute Gasteiger partial charge is 0.334 e. The maximum Gasteiger partial charge on any atom is 0.257 e. The van der Waals surface area contributed by atoms with Crippen molar-refractivity contribution in [2.45, 2.75) is 50.6 Å². The molecule has 1 saturated heterocycles. The molecule has 0 amide bonds. The van der Waals surface area contributed by atoms with Crippen molar-refractivity contribution in [1.82, 2.24) is 15.0 Å². The Labute approximate surface area is 136 Å². The van der Waals surface area contributed by atoms with Crippen molar-refractivity contribution in [3.8, 4) is 11.5 Å². The number of hydrogen-bond acceptors (Lipinski definition) is 5. The predicted molar refractivity (Wildman–Crippen MR) is 88.6 cm³/mol. The summed E-state index contributed by atoms with van der Waals surface area (Å²) < 4.78 is 5.41. The summed E-state index contributed by atoms with van der Waals surface area (Å²) in [4.78, 5) is 7.03. The van der Waals surface area contributed by atoms with E-state index in [1.54, 1.807) is 0 Å². The fourth-order valence-corrected chi connectivity index (χ4v) is 3.45. The molecule has 0 radical (unpaired) electrons. The fraction of sp³-hybridized carbons (Fsp3) is 0.556. The van der Waals surface area contributed by atoms with Crippen molar-refractivity contribution in [3.63, 3.8) is 0 Å². The number of aromatic nitrogens is 2.